The first-order chi connectivity index (χ1) is 24.2. The number of imidazole rings is 1. The first-order valence-electron chi connectivity index (χ1n) is 20.3. The van der Waals surface area contributed by atoms with Crippen molar-refractivity contribution in [2.45, 2.75) is 152 Å². The van der Waals surface area contributed by atoms with Gasteiger partial charge in [0.2, 0.25) is 0 Å². The number of aliphatic hydroxyl groups is 1. The molecule has 9 heteroatoms. The molecule has 52 heavy (non-hydrogen) atoms. The zero-order valence-electron chi connectivity index (χ0n) is 33.5. The fraction of sp³-hybridized carbons (Fsp3) is 0.814. The number of carbonyl (C=O) groups excluding carboxylic acids is 2. The SMILES string of the molecule is CC(C)C1=C2C3CC[C@@H]4C5(C)CC[C@H](OC(=O)CC(C)(C)C(=O)O)C(C)(C)[C@@H]5CC[C@@]4(C)[C@]3(C)CC[C@@]2([C@H](O)CNCCCn2ccnc2)CC1=O. The third-order valence-electron chi connectivity index (χ3n) is 16.2. The molecule has 3 N–H and O–H groups in total. The molecule has 4 fully saturated rings. The monoisotopic (exact) mass is 722 g/mol. The number of nitrogens with zero attached hydrogens (tertiary/aromatic N) is 2. The maximum Gasteiger partial charge on any atom is 0.309 e. The van der Waals surface area contributed by atoms with Crippen LogP contribution < -0.4 is 5.32 Å². The van der Waals surface area contributed by atoms with Crippen molar-refractivity contribution in [1.29, 1.82) is 0 Å². The number of hydrogen-bond acceptors (Lipinski definition) is 7. The lowest BCUT2D eigenvalue weighted by molar-refractivity contribution is -0.235. The van der Waals surface area contributed by atoms with Gasteiger partial charge in [0.25, 0.3) is 0 Å². The predicted molar refractivity (Wildman–Crippen MR) is 201 cm³/mol. The number of allylic oxidation sites excluding steroid dienone is 1. The number of aromatic nitrogens is 2. The van der Waals surface area contributed by atoms with Crippen LogP contribution in [-0.4, -0.2) is 62.8 Å². The van der Waals surface area contributed by atoms with Gasteiger partial charge in [0.15, 0.2) is 5.78 Å². The third kappa shape index (κ3) is 6.12. The standard InChI is InChI=1S/C43H67N3O6/c1-27(2)35-29(47)23-43(32(48)25-44-19-10-21-46-22-20-45-26-46)18-17-41(8)28(36(35)43)11-12-31-40(7)15-14-33(52-34(49)24-38(3,4)37(50)51)39(5,6)30(40)13-16-42(31,41)9/h20,22,26-28,30-33,44,48H,10-19,21,23-25H2,1-9H3,(H,50,51)/t28?,30-,31+,32+,33-,40?,41+,42+,43-/m0/s1. The number of carboxylic acids is 1. The van der Waals surface area contributed by atoms with E-state index in [2.05, 4.69) is 63.3 Å². The molecule has 0 aromatic carbocycles. The molecular weight excluding hydrogens is 654 g/mol. The van der Waals surface area contributed by atoms with Crippen molar-refractivity contribution in [3.05, 3.63) is 29.9 Å². The van der Waals surface area contributed by atoms with Gasteiger partial charge >= 0.3 is 11.9 Å². The summed E-state index contributed by atoms with van der Waals surface area (Å²) in [4.78, 5) is 43.0. The second-order valence-electron chi connectivity index (χ2n) is 19.9. The average Bonchev–Trinajstić information content (AvgIpc) is 3.68. The normalized spacial score (nSPS) is 37.6. The number of aliphatic carboxylic acids is 1. The summed E-state index contributed by atoms with van der Waals surface area (Å²) in [6, 6.07) is 0. The molecule has 6 rings (SSSR count). The van der Waals surface area contributed by atoms with Crippen molar-refractivity contribution in [3.8, 4) is 0 Å². The highest BCUT2D eigenvalue weighted by Gasteiger charge is 2.70. The zero-order valence-corrected chi connectivity index (χ0v) is 33.5. The van der Waals surface area contributed by atoms with Gasteiger partial charge in [0.05, 0.1) is 24.3 Å². The van der Waals surface area contributed by atoms with Crippen LogP contribution in [0.25, 0.3) is 0 Å². The molecule has 0 spiro atoms. The molecule has 290 valence electrons. The summed E-state index contributed by atoms with van der Waals surface area (Å²) in [6.07, 6.45) is 13.9. The Kier molecular flexibility index (Phi) is 10.3. The van der Waals surface area contributed by atoms with Crippen molar-refractivity contribution in [1.82, 2.24) is 14.9 Å². The van der Waals surface area contributed by atoms with Crippen molar-refractivity contribution in [2.24, 2.45) is 56.2 Å². The Morgan fingerprint density at radius 3 is 2.40 bits per heavy atom. The Hall–Kier alpha value is -2.52. The van der Waals surface area contributed by atoms with E-state index < -0.39 is 28.9 Å². The van der Waals surface area contributed by atoms with Crippen LogP contribution in [0.1, 0.15) is 133 Å². The molecule has 0 saturated heterocycles. The minimum Gasteiger partial charge on any atom is -0.481 e. The minimum absolute atomic E-state index is 0.00130. The molecule has 1 aromatic heterocycles. The van der Waals surface area contributed by atoms with Gasteiger partial charge in [0, 0.05) is 42.7 Å². The lowest BCUT2D eigenvalue weighted by Crippen LogP contribution is -2.66. The number of carboxylic acid groups (broad SMARTS) is 1. The fourth-order valence-corrected chi connectivity index (χ4v) is 13.2. The minimum atomic E-state index is -1.16. The lowest BCUT2D eigenvalue weighted by atomic mass is 9.33. The van der Waals surface area contributed by atoms with E-state index in [-0.39, 0.29) is 51.8 Å². The molecule has 4 saturated carbocycles. The summed E-state index contributed by atoms with van der Waals surface area (Å²) in [5.74, 6) is 0.110. The zero-order chi connectivity index (χ0) is 38.1. The van der Waals surface area contributed by atoms with Crippen LogP contribution in [0.15, 0.2) is 29.9 Å². The Morgan fingerprint density at radius 1 is 1.02 bits per heavy atom. The Balaban J connectivity index is 1.23. The molecule has 5 aliphatic rings. The summed E-state index contributed by atoms with van der Waals surface area (Å²) in [6.45, 7) is 21.8. The fourth-order valence-electron chi connectivity index (χ4n) is 13.2. The number of hydrogen-bond donors (Lipinski definition) is 3. The number of ether oxygens (including phenoxy) is 1. The molecule has 0 aliphatic heterocycles. The van der Waals surface area contributed by atoms with Crippen LogP contribution in [-0.2, 0) is 25.7 Å². The van der Waals surface area contributed by atoms with E-state index in [1.807, 2.05) is 12.5 Å². The second kappa shape index (κ2) is 13.6. The van der Waals surface area contributed by atoms with Crippen molar-refractivity contribution in [3.63, 3.8) is 0 Å². The topological polar surface area (TPSA) is 131 Å². The summed E-state index contributed by atoms with van der Waals surface area (Å²) in [5, 5.41) is 25.3. The van der Waals surface area contributed by atoms with Gasteiger partial charge in [-0.05, 0) is 124 Å². The highest BCUT2D eigenvalue weighted by atomic mass is 16.5. The van der Waals surface area contributed by atoms with Crippen LogP contribution in [0.5, 0.6) is 0 Å². The first kappa shape index (κ1) is 39.2. The van der Waals surface area contributed by atoms with Crippen LogP contribution in [0.3, 0.4) is 0 Å². The average molecular weight is 722 g/mol. The highest BCUT2D eigenvalue weighted by Crippen LogP contribution is 2.77. The molecule has 2 unspecified atom stereocenters. The number of rotatable bonds is 12. The molecule has 9 atom stereocenters. The van der Waals surface area contributed by atoms with Crippen molar-refractivity contribution in [2.75, 3.05) is 13.1 Å². The van der Waals surface area contributed by atoms with E-state index in [0.29, 0.717) is 24.8 Å². The van der Waals surface area contributed by atoms with E-state index in [4.69, 9.17) is 4.74 Å². The van der Waals surface area contributed by atoms with E-state index >= 15 is 0 Å². The molecular formula is C43H67N3O6. The van der Waals surface area contributed by atoms with E-state index in [1.54, 1.807) is 20.0 Å². The first-order valence-corrected chi connectivity index (χ1v) is 20.3. The number of nitrogens with one attached hydrogen (secondary N) is 1. The largest absolute Gasteiger partial charge is 0.481 e. The van der Waals surface area contributed by atoms with Gasteiger partial charge in [-0.15, -0.1) is 0 Å². The van der Waals surface area contributed by atoms with Crippen LogP contribution in [0, 0.1) is 56.2 Å². The maximum absolute atomic E-state index is 14.0. The number of ketones is 1. The Morgan fingerprint density at radius 2 is 1.75 bits per heavy atom. The van der Waals surface area contributed by atoms with E-state index in [0.717, 1.165) is 76.5 Å². The van der Waals surface area contributed by atoms with Crippen LogP contribution in [0.4, 0.5) is 0 Å². The Labute approximate surface area is 312 Å². The lowest BCUT2D eigenvalue weighted by Gasteiger charge is -2.72. The smallest absolute Gasteiger partial charge is 0.309 e. The summed E-state index contributed by atoms with van der Waals surface area (Å²) < 4.78 is 8.24. The van der Waals surface area contributed by atoms with Crippen molar-refractivity contribution < 1.29 is 29.3 Å². The van der Waals surface area contributed by atoms with Gasteiger partial charge in [-0.2, -0.15) is 0 Å². The van der Waals surface area contributed by atoms with Gasteiger partial charge in [-0.1, -0.05) is 54.0 Å². The van der Waals surface area contributed by atoms with Gasteiger partial charge in [0.1, 0.15) is 6.10 Å². The third-order valence-corrected chi connectivity index (χ3v) is 16.2. The quantitative estimate of drug-likeness (QED) is 0.149. The van der Waals surface area contributed by atoms with Gasteiger partial charge in [-0.25, -0.2) is 4.98 Å². The summed E-state index contributed by atoms with van der Waals surface area (Å²) in [5.41, 5.74) is 0.554. The number of carbonyl (C=O) groups is 3. The molecule has 5 aliphatic carbocycles. The second-order valence-corrected chi connectivity index (χ2v) is 19.9. The number of aryl methyl sites for hydroxylation is 1. The molecule has 9 nitrogen and oxygen atoms in total. The number of fused-ring (bicyclic) bond motifs is 7. The van der Waals surface area contributed by atoms with Gasteiger partial charge < -0.3 is 24.8 Å². The van der Waals surface area contributed by atoms with Gasteiger partial charge in [-0.3, -0.25) is 14.4 Å². The molecule has 0 amide bonds. The summed E-state index contributed by atoms with van der Waals surface area (Å²) >= 11 is 0. The van der Waals surface area contributed by atoms with E-state index in [9.17, 15) is 24.6 Å². The molecule has 1 aromatic rings. The number of aliphatic hydroxyl groups excluding tert-OH is 1. The van der Waals surface area contributed by atoms with Crippen molar-refractivity contribution >= 4 is 17.7 Å². The molecule has 0 radical (unpaired) electrons. The summed E-state index contributed by atoms with van der Waals surface area (Å²) in [7, 11) is 0. The van der Waals surface area contributed by atoms with Crippen LogP contribution in [0.2, 0.25) is 0 Å². The molecule has 1 heterocycles. The number of Topliss-reactive ketones (excluding diaryl/α,β-unsaturated/α-hetero) is 1. The predicted octanol–water partition coefficient (Wildman–Crippen LogP) is 7.62. The maximum atomic E-state index is 14.0. The molecule has 0 bridgehead atoms. The highest BCUT2D eigenvalue weighted by molar-refractivity contribution is 6.00. The Bertz CT molecular complexity index is 1560. The van der Waals surface area contributed by atoms with Crippen LogP contribution >= 0.6 is 0 Å². The number of esters is 1. The van der Waals surface area contributed by atoms with E-state index in [1.165, 1.54) is 5.57 Å².